The van der Waals surface area contributed by atoms with Crippen molar-refractivity contribution in [2.75, 3.05) is 12.3 Å². The second-order valence-electron chi connectivity index (χ2n) is 8.62. The van der Waals surface area contributed by atoms with Crippen LogP contribution < -0.4 is 16.4 Å². The number of aryl methyl sites for hydroxylation is 1. The van der Waals surface area contributed by atoms with Gasteiger partial charge in [-0.15, -0.1) is 0 Å². The molecule has 0 aliphatic carbocycles. The van der Waals surface area contributed by atoms with Gasteiger partial charge in [-0.1, -0.05) is 23.9 Å². The van der Waals surface area contributed by atoms with E-state index in [0.29, 0.717) is 34.1 Å². The van der Waals surface area contributed by atoms with Gasteiger partial charge in [0.25, 0.3) is 16.8 Å². The first-order valence-electron chi connectivity index (χ1n) is 11.4. The molecule has 1 atom stereocenters. The largest absolute Gasteiger partial charge is 0.354 e. The van der Waals surface area contributed by atoms with E-state index in [1.807, 2.05) is 0 Å². The number of thioether (sulfide) groups is 1. The Labute approximate surface area is 213 Å². The maximum Gasteiger partial charge on any atom is 0.269 e. The Morgan fingerprint density at radius 2 is 1.97 bits per heavy atom. The van der Waals surface area contributed by atoms with Gasteiger partial charge in [0.2, 0.25) is 5.91 Å². The molecule has 37 heavy (non-hydrogen) atoms. The van der Waals surface area contributed by atoms with Crippen molar-refractivity contribution in [3.05, 3.63) is 84.9 Å². The van der Waals surface area contributed by atoms with Crippen LogP contribution in [0.2, 0.25) is 0 Å². The lowest BCUT2D eigenvalue weighted by molar-refractivity contribution is -0.384. The van der Waals surface area contributed by atoms with E-state index in [1.165, 1.54) is 41.0 Å². The highest BCUT2D eigenvalue weighted by Crippen LogP contribution is 2.31. The van der Waals surface area contributed by atoms with Crippen molar-refractivity contribution in [3.8, 4) is 0 Å². The normalized spacial score (nSPS) is 14.6. The summed E-state index contributed by atoms with van der Waals surface area (Å²) in [7, 11) is 0. The fraction of sp³-hybridized carbons (Fsp3) is 0.304. The molecule has 0 spiro atoms. The van der Waals surface area contributed by atoms with Crippen molar-refractivity contribution in [1.29, 1.82) is 0 Å². The van der Waals surface area contributed by atoms with E-state index in [4.69, 9.17) is 0 Å². The van der Waals surface area contributed by atoms with Gasteiger partial charge in [-0.25, -0.2) is 14.6 Å². The van der Waals surface area contributed by atoms with Gasteiger partial charge in [-0.05, 0) is 12.5 Å². The average Bonchev–Trinajstić information content (AvgIpc) is 3.48. The van der Waals surface area contributed by atoms with Crippen molar-refractivity contribution in [1.82, 2.24) is 34.2 Å². The molecule has 3 aromatic heterocycles. The minimum Gasteiger partial charge on any atom is -0.354 e. The molecular weight excluding hydrogens is 500 g/mol. The Balaban J connectivity index is 1.21. The second kappa shape index (κ2) is 9.97. The van der Waals surface area contributed by atoms with E-state index in [9.17, 15) is 24.5 Å². The van der Waals surface area contributed by atoms with Crippen LogP contribution in [-0.2, 0) is 17.9 Å². The molecule has 0 bridgehead atoms. The third kappa shape index (κ3) is 4.87. The molecule has 14 heteroatoms. The predicted molar refractivity (Wildman–Crippen MR) is 135 cm³/mol. The van der Waals surface area contributed by atoms with Crippen LogP contribution in [0.15, 0.2) is 57.7 Å². The first kappa shape index (κ1) is 24.4. The maximum absolute atomic E-state index is 12.9. The monoisotopic (exact) mass is 522 g/mol. The summed E-state index contributed by atoms with van der Waals surface area (Å²) in [6.45, 7) is 2.50. The molecule has 0 fully saturated rings. The molecule has 5 rings (SSSR count). The van der Waals surface area contributed by atoms with E-state index in [-0.39, 0.29) is 48.3 Å². The van der Waals surface area contributed by atoms with E-state index in [0.717, 1.165) is 5.56 Å². The summed E-state index contributed by atoms with van der Waals surface area (Å²) in [5.74, 6) is 0.417. The molecule has 1 aliphatic rings. The molecule has 1 aliphatic heterocycles. The highest BCUT2D eigenvalue weighted by atomic mass is 32.2. The Hall–Kier alpha value is -4.33. The van der Waals surface area contributed by atoms with Crippen molar-refractivity contribution >= 4 is 34.4 Å². The molecule has 0 radical (unpaired) electrons. The lowest BCUT2D eigenvalue weighted by Crippen LogP contribution is -2.33. The zero-order valence-electron chi connectivity index (χ0n) is 19.7. The number of amides is 1. The number of carbonyl (C=O) groups is 1. The van der Waals surface area contributed by atoms with Gasteiger partial charge in [0, 0.05) is 42.6 Å². The summed E-state index contributed by atoms with van der Waals surface area (Å²) in [6, 6.07) is 5.72. The third-order valence-electron chi connectivity index (χ3n) is 6.09. The van der Waals surface area contributed by atoms with Crippen LogP contribution in [0.5, 0.6) is 0 Å². The number of hydrogen-bond donors (Lipinski definition) is 1. The number of nitrogens with one attached hydrogen (secondary N) is 1. The van der Waals surface area contributed by atoms with Crippen LogP contribution in [0, 0.1) is 17.0 Å². The predicted octanol–water partition coefficient (Wildman–Crippen LogP) is 1.27. The first-order chi connectivity index (χ1) is 17.8. The maximum atomic E-state index is 12.9. The quantitative estimate of drug-likeness (QED) is 0.204. The molecule has 0 saturated heterocycles. The second-order valence-corrected chi connectivity index (χ2v) is 9.61. The number of non-ortho nitro benzene ring substituents is 1. The SMILES string of the molecule is Cc1cnc2n(c1=O)C(CC(=O)NCCn1ncc3c(=O)n(Cc4ccc([N+](=O)[O-])cc4)cnc31)CS2. The number of hydrogen-bond acceptors (Lipinski definition) is 9. The Morgan fingerprint density at radius 1 is 1.19 bits per heavy atom. The zero-order valence-corrected chi connectivity index (χ0v) is 20.6. The molecular formula is C23H22N8O5S. The lowest BCUT2D eigenvalue weighted by atomic mass is 10.2. The number of aromatic nitrogens is 6. The van der Waals surface area contributed by atoms with Crippen LogP contribution in [0.3, 0.4) is 0 Å². The smallest absolute Gasteiger partial charge is 0.269 e. The summed E-state index contributed by atoms with van der Waals surface area (Å²) in [5, 5.41) is 18.9. The standard InChI is InChI=1S/C23H22N8O5S/c1-14-9-25-23-30(21(14)33)17(12-37-23)8-19(32)24-6-7-29-20-18(10-27-29)22(34)28(13-26-20)11-15-2-4-16(5-3-15)31(35)36/h2-5,9-10,13,17H,6-8,11-12H2,1H3,(H,24,32). The van der Waals surface area contributed by atoms with Crippen molar-refractivity contribution < 1.29 is 9.72 Å². The molecule has 190 valence electrons. The van der Waals surface area contributed by atoms with Gasteiger partial charge >= 0.3 is 0 Å². The van der Waals surface area contributed by atoms with Crippen LogP contribution in [0.1, 0.15) is 23.6 Å². The number of carbonyl (C=O) groups excluding carboxylic acids is 1. The molecule has 1 N–H and O–H groups in total. The first-order valence-corrected chi connectivity index (χ1v) is 12.4. The van der Waals surface area contributed by atoms with Crippen LogP contribution in [0.25, 0.3) is 11.0 Å². The Morgan fingerprint density at radius 3 is 2.73 bits per heavy atom. The van der Waals surface area contributed by atoms with E-state index >= 15 is 0 Å². The third-order valence-corrected chi connectivity index (χ3v) is 7.20. The minimum absolute atomic E-state index is 0.0222. The van der Waals surface area contributed by atoms with E-state index in [1.54, 1.807) is 34.5 Å². The molecule has 0 saturated carbocycles. The van der Waals surface area contributed by atoms with Crippen molar-refractivity contribution in [2.45, 2.75) is 37.6 Å². The molecule has 4 heterocycles. The molecule has 1 aromatic carbocycles. The summed E-state index contributed by atoms with van der Waals surface area (Å²) in [6.07, 6.45) is 4.56. The molecule has 1 unspecified atom stereocenters. The number of benzene rings is 1. The number of rotatable bonds is 8. The van der Waals surface area contributed by atoms with Gasteiger partial charge < -0.3 is 5.32 Å². The fourth-order valence-corrected chi connectivity index (χ4v) is 5.26. The average molecular weight is 523 g/mol. The van der Waals surface area contributed by atoms with Gasteiger partial charge in [0.15, 0.2) is 10.8 Å². The van der Waals surface area contributed by atoms with Crippen molar-refractivity contribution in [3.63, 3.8) is 0 Å². The molecule has 1 amide bonds. The van der Waals surface area contributed by atoms with Gasteiger partial charge in [-0.3, -0.25) is 33.6 Å². The summed E-state index contributed by atoms with van der Waals surface area (Å²) in [4.78, 5) is 56.9. The Bertz CT molecular complexity index is 1630. The Kier molecular flexibility index (Phi) is 6.56. The van der Waals surface area contributed by atoms with Crippen LogP contribution >= 0.6 is 11.8 Å². The lowest BCUT2D eigenvalue weighted by Gasteiger charge is -2.13. The molecule has 4 aromatic rings. The van der Waals surface area contributed by atoms with Gasteiger partial charge in [0.1, 0.15) is 11.7 Å². The molecule has 13 nitrogen and oxygen atoms in total. The summed E-state index contributed by atoms with van der Waals surface area (Å²) >= 11 is 1.46. The topological polar surface area (TPSA) is 160 Å². The highest BCUT2D eigenvalue weighted by molar-refractivity contribution is 7.99. The zero-order chi connectivity index (χ0) is 26.1. The summed E-state index contributed by atoms with van der Waals surface area (Å²) < 4.78 is 4.55. The highest BCUT2D eigenvalue weighted by Gasteiger charge is 2.27. The number of fused-ring (bicyclic) bond motifs is 2. The van der Waals surface area contributed by atoms with Gasteiger partial charge in [-0.2, -0.15) is 5.10 Å². The van der Waals surface area contributed by atoms with E-state index in [2.05, 4.69) is 20.4 Å². The summed E-state index contributed by atoms with van der Waals surface area (Å²) in [5.41, 5.74) is 1.23. The van der Waals surface area contributed by atoms with Crippen LogP contribution in [-0.4, -0.2) is 52.0 Å². The number of nitro benzene ring substituents is 1. The number of nitrogens with zero attached hydrogens (tertiary/aromatic N) is 7. The van der Waals surface area contributed by atoms with E-state index < -0.39 is 4.92 Å². The minimum atomic E-state index is -0.479. The van der Waals surface area contributed by atoms with Gasteiger partial charge in [0.05, 0.1) is 30.3 Å². The fourth-order valence-electron chi connectivity index (χ4n) is 4.15. The number of nitro groups is 1. The van der Waals surface area contributed by atoms with Crippen LogP contribution in [0.4, 0.5) is 5.69 Å². The van der Waals surface area contributed by atoms with Crippen molar-refractivity contribution in [2.24, 2.45) is 0 Å².